The molecular formula is C34H25N5O2. The minimum Gasteiger partial charge on any atom is -0.507 e. The number of furan rings is 1. The quantitative estimate of drug-likeness (QED) is 0.237. The number of hydrogen-bond donors (Lipinski definition) is 1. The van der Waals surface area contributed by atoms with Crippen molar-refractivity contribution in [2.45, 2.75) is 13.8 Å². The molecule has 4 heterocycles. The van der Waals surface area contributed by atoms with Gasteiger partial charge in [-0.25, -0.2) is 15.0 Å². The molecule has 0 spiro atoms. The Morgan fingerprint density at radius 3 is 2.41 bits per heavy atom. The van der Waals surface area contributed by atoms with Crippen LogP contribution in [-0.4, -0.2) is 25.0 Å². The number of aromatic nitrogens is 4. The molecule has 0 amide bonds. The van der Waals surface area contributed by atoms with Crippen LogP contribution in [-0.2, 0) is 0 Å². The fraction of sp³-hybridized carbons (Fsp3) is 0.0588. The third-order valence-electron chi connectivity index (χ3n) is 7.15. The highest BCUT2D eigenvalue weighted by atomic mass is 16.3. The van der Waals surface area contributed by atoms with Gasteiger partial charge in [0.25, 0.3) is 0 Å². The monoisotopic (exact) mass is 535 g/mol. The Labute approximate surface area is 236 Å². The molecule has 0 unspecified atom stereocenters. The van der Waals surface area contributed by atoms with Gasteiger partial charge in [-0.2, -0.15) is 0 Å². The molecule has 0 fully saturated rings. The average Bonchev–Trinajstić information content (AvgIpc) is 3.38. The molecule has 0 aliphatic rings. The summed E-state index contributed by atoms with van der Waals surface area (Å²) in [4.78, 5) is 21.3. The zero-order chi connectivity index (χ0) is 27.9. The van der Waals surface area contributed by atoms with Crippen LogP contribution in [0.5, 0.6) is 5.75 Å². The lowest BCUT2D eigenvalue weighted by molar-refractivity contribution is 0.477. The van der Waals surface area contributed by atoms with Crippen LogP contribution in [0.3, 0.4) is 0 Å². The molecule has 0 aliphatic heterocycles. The lowest BCUT2D eigenvalue weighted by Gasteiger charge is -2.27. The molecule has 1 N–H and O–H groups in total. The summed E-state index contributed by atoms with van der Waals surface area (Å²) in [5.41, 5.74) is 7.69. The third-order valence-corrected chi connectivity index (χ3v) is 7.15. The van der Waals surface area contributed by atoms with E-state index < -0.39 is 0 Å². The highest BCUT2D eigenvalue weighted by Crippen LogP contribution is 2.40. The number of phenols is 1. The molecule has 198 valence electrons. The number of pyridine rings is 2. The molecule has 7 aromatic rings. The van der Waals surface area contributed by atoms with E-state index in [1.807, 2.05) is 92.0 Å². The number of para-hydroxylation sites is 2. The first kappa shape index (κ1) is 24.5. The maximum absolute atomic E-state index is 10.8. The fourth-order valence-electron chi connectivity index (χ4n) is 5.25. The van der Waals surface area contributed by atoms with E-state index in [1.54, 1.807) is 18.3 Å². The van der Waals surface area contributed by atoms with Gasteiger partial charge in [-0.15, -0.1) is 0 Å². The van der Waals surface area contributed by atoms with E-state index in [2.05, 4.69) is 27.9 Å². The summed E-state index contributed by atoms with van der Waals surface area (Å²) < 4.78 is 6.23. The second-order valence-corrected chi connectivity index (χ2v) is 9.82. The molecule has 0 saturated heterocycles. The summed E-state index contributed by atoms with van der Waals surface area (Å²) in [5.74, 6) is 1.41. The van der Waals surface area contributed by atoms with Crippen molar-refractivity contribution in [2.24, 2.45) is 0 Å². The normalized spacial score (nSPS) is 11.3. The largest absolute Gasteiger partial charge is 0.507 e. The minimum absolute atomic E-state index is 0.122. The van der Waals surface area contributed by atoms with Crippen molar-refractivity contribution >= 4 is 39.3 Å². The first-order chi connectivity index (χ1) is 20.1. The minimum atomic E-state index is 0.122. The average molecular weight is 536 g/mol. The van der Waals surface area contributed by atoms with Crippen LogP contribution >= 0.6 is 0 Å². The van der Waals surface area contributed by atoms with E-state index in [4.69, 9.17) is 14.4 Å². The number of benzene rings is 3. The van der Waals surface area contributed by atoms with Gasteiger partial charge in [0, 0.05) is 34.6 Å². The van der Waals surface area contributed by atoms with Crippen molar-refractivity contribution in [3.63, 3.8) is 0 Å². The van der Waals surface area contributed by atoms with Gasteiger partial charge in [0.1, 0.15) is 28.4 Å². The molecule has 4 aromatic heterocycles. The molecule has 7 rings (SSSR count). The topological polar surface area (TPSA) is 88.2 Å². The van der Waals surface area contributed by atoms with Gasteiger partial charge in [0.2, 0.25) is 0 Å². The SMILES string of the molecule is Cc1ccnc(C)c1N(c1cccc(-c2nc(-c3ccccc3O)c3oc4ccccc4c3n2)c1)c1ccccn1. The van der Waals surface area contributed by atoms with Crippen LogP contribution in [0.4, 0.5) is 17.2 Å². The van der Waals surface area contributed by atoms with Crippen molar-refractivity contribution in [1.82, 2.24) is 19.9 Å². The number of phenolic OH excluding ortho intramolecular Hbond substituents is 1. The fourth-order valence-corrected chi connectivity index (χ4v) is 5.25. The lowest BCUT2D eigenvalue weighted by Crippen LogP contribution is -2.14. The number of aryl methyl sites for hydroxylation is 2. The van der Waals surface area contributed by atoms with Crippen LogP contribution in [0.15, 0.2) is 114 Å². The number of anilines is 3. The van der Waals surface area contributed by atoms with E-state index in [-0.39, 0.29) is 5.75 Å². The van der Waals surface area contributed by atoms with Crippen molar-refractivity contribution < 1.29 is 9.52 Å². The van der Waals surface area contributed by atoms with Crippen molar-refractivity contribution in [3.05, 3.63) is 121 Å². The second kappa shape index (κ2) is 9.88. The molecule has 0 aliphatic carbocycles. The second-order valence-electron chi connectivity index (χ2n) is 9.82. The highest BCUT2D eigenvalue weighted by Gasteiger charge is 2.22. The molecule has 41 heavy (non-hydrogen) atoms. The number of hydrogen-bond acceptors (Lipinski definition) is 7. The van der Waals surface area contributed by atoms with Gasteiger partial charge in [0.05, 0.1) is 11.4 Å². The van der Waals surface area contributed by atoms with Crippen molar-refractivity contribution in [3.8, 4) is 28.4 Å². The van der Waals surface area contributed by atoms with E-state index >= 15 is 0 Å². The zero-order valence-electron chi connectivity index (χ0n) is 22.5. The van der Waals surface area contributed by atoms with Crippen molar-refractivity contribution in [1.29, 1.82) is 0 Å². The Morgan fingerprint density at radius 1 is 0.756 bits per heavy atom. The Bertz CT molecular complexity index is 2030. The van der Waals surface area contributed by atoms with Gasteiger partial charge in [0.15, 0.2) is 11.4 Å². The smallest absolute Gasteiger partial charge is 0.180 e. The molecule has 7 heteroatoms. The lowest BCUT2D eigenvalue weighted by atomic mass is 10.1. The van der Waals surface area contributed by atoms with Gasteiger partial charge in [-0.05, 0) is 74.0 Å². The number of aromatic hydroxyl groups is 1. The Kier molecular flexibility index (Phi) is 5.90. The van der Waals surface area contributed by atoms with Gasteiger partial charge >= 0.3 is 0 Å². The molecule has 0 atom stereocenters. The summed E-state index contributed by atoms with van der Waals surface area (Å²) in [5, 5.41) is 11.6. The summed E-state index contributed by atoms with van der Waals surface area (Å²) >= 11 is 0. The summed E-state index contributed by atoms with van der Waals surface area (Å²) in [6.07, 6.45) is 3.60. The van der Waals surface area contributed by atoms with Gasteiger partial charge < -0.3 is 9.52 Å². The summed E-state index contributed by atoms with van der Waals surface area (Å²) in [6.45, 7) is 4.07. The van der Waals surface area contributed by atoms with E-state index in [0.717, 1.165) is 39.4 Å². The maximum Gasteiger partial charge on any atom is 0.180 e. The predicted molar refractivity (Wildman–Crippen MR) is 162 cm³/mol. The summed E-state index contributed by atoms with van der Waals surface area (Å²) in [7, 11) is 0. The van der Waals surface area contributed by atoms with Crippen LogP contribution in [0.25, 0.3) is 44.7 Å². The Hall–Kier alpha value is -5.56. The Morgan fingerprint density at radius 2 is 1.59 bits per heavy atom. The first-order valence-electron chi connectivity index (χ1n) is 13.3. The van der Waals surface area contributed by atoms with Crippen LogP contribution in [0.2, 0.25) is 0 Å². The number of rotatable bonds is 5. The highest BCUT2D eigenvalue weighted by molar-refractivity contribution is 6.07. The standard InChI is InChI=1S/C34H25N5O2/c1-21-17-19-35-22(2)32(21)39(29-16-7-8-18-36-29)24-11-9-10-23(20-24)34-37-30(25-12-3-5-14-27(25)40)33-31(38-34)26-13-4-6-15-28(26)41-33/h3-20,40H,1-2H3. The van der Waals surface area contributed by atoms with E-state index in [9.17, 15) is 5.11 Å². The number of nitrogens with zero attached hydrogens (tertiary/aromatic N) is 5. The predicted octanol–water partition coefficient (Wildman–Crippen LogP) is 8.29. The molecule has 0 bridgehead atoms. The Balaban J connectivity index is 1.47. The number of fused-ring (bicyclic) bond motifs is 3. The first-order valence-corrected chi connectivity index (χ1v) is 13.3. The van der Waals surface area contributed by atoms with E-state index in [1.165, 1.54) is 0 Å². The van der Waals surface area contributed by atoms with Gasteiger partial charge in [-0.3, -0.25) is 9.88 Å². The summed E-state index contributed by atoms with van der Waals surface area (Å²) in [6, 6.07) is 30.9. The van der Waals surface area contributed by atoms with Crippen LogP contribution in [0, 0.1) is 13.8 Å². The molecular weight excluding hydrogens is 510 g/mol. The van der Waals surface area contributed by atoms with Crippen LogP contribution in [0.1, 0.15) is 11.3 Å². The van der Waals surface area contributed by atoms with E-state index in [0.29, 0.717) is 33.8 Å². The molecule has 7 nitrogen and oxygen atoms in total. The zero-order valence-corrected chi connectivity index (χ0v) is 22.5. The van der Waals surface area contributed by atoms with Crippen molar-refractivity contribution in [2.75, 3.05) is 4.90 Å². The van der Waals surface area contributed by atoms with Gasteiger partial charge in [-0.1, -0.05) is 42.5 Å². The maximum atomic E-state index is 10.8. The third kappa shape index (κ3) is 4.24. The molecule has 3 aromatic carbocycles. The van der Waals surface area contributed by atoms with Crippen LogP contribution < -0.4 is 4.90 Å². The molecule has 0 radical (unpaired) electrons. The molecule has 0 saturated carbocycles.